The van der Waals surface area contributed by atoms with Crippen LogP contribution in [0.2, 0.25) is 0 Å². The summed E-state index contributed by atoms with van der Waals surface area (Å²) >= 11 is 0. The number of aliphatic hydroxyl groups is 1. The van der Waals surface area contributed by atoms with Crippen molar-refractivity contribution in [3.63, 3.8) is 0 Å². The SMILES string of the molecule is CC(O)(CNC(=O)c1c(F)cccc1F)CC(=O)O. The van der Waals surface area contributed by atoms with Gasteiger partial charge in [-0.2, -0.15) is 0 Å². The van der Waals surface area contributed by atoms with E-state index < -0.39 is 47.6 Å². The molecule has 0 saturated carbocycles. The van der Waals surface area contributed by atoms with E-state index in [4.69, 9.17) is 5.11 Å². The fraction of sp³-hybridized carbons (Fsp3) is 0.333. The first-order chi connectivity index (χ1) is 8.73. The summed E-state index contributed by atoms with van der Waals surface area (Å²) in [6, 6.07) is 2.96. The zero-order valence-electron chi connectivity index (χ0n) is 10.1. The highest BCUT2D eigenvalue weighted by molar-refractivity contribution is 5.94. The summed E-state index contributed by atoms with van der Waals surface area (Å²) in [5.74, 6) is -4.37. The summed E-state index contributed by atoms with van der Waals surface area (Å²) in [5, 5.41) is 20.3. The van der Waals surface area contributed by atoms with Crippen molar-refractivity contribution in [2.24, 2.45) is 0 Å². The van der Waals surface area contributed by atoms with E-state index in [1.807, 2.05) is 0 Å². The fourth-order valence-electron chi connectivity index (χ4n) is 1.46. The normalized spacial score (nSPS) is 13.7. The zero-order valence-corrected chi connectivity index (χ0v) is 10.1. The van der Waals surface area contributed by atoms with Crippen molar-refractivity contribution in [3.05, 3.63) is 35.4 Å². The van der Waals surface area contributed by atoms with Gasteiger partial charge in [0.2, 0.25) is 0 Å². The van der Waals surface area contributed by atoms with Crippen molar-refractivity contribution < 1.29 is 28.6 Å². The van der Waals surface area contributed by atoms with Crippen molar-refractivity contribution in [1.29, 1.82) is 0 Å². The molecular formula is C12H13F2NO4. The van der Waals surface area contributed by atoms with Crippen LogP contribution in [0.25, 0.3) is 0 Å². The largest absolute Gasteiger partial charge is 0.481 e. The third kappa shape index (κ3) is 4.29. The molecule has 0 aliphatic heterocycles. The van der Waals surface area contributed by atoms with Gasteiger partial charge < -0.3 is 15.5 Å². The van der Waals surface area contributed by atoms with Gasteiger partial charge in [0.1, 0.15) is 17.2 Å². The Labute approximate surface area is 107 Å². The minimum Gasteiger partial charge on any atom is -0.481 e. The molecule has 5 nitrogen and oxygen atoms in total. The highest BCUT2D eigenvalue weighted by Crippen LogP contribution is 2.13. The molecule has 0 spiro atoms. The van der Waals surface area contributed by atoms with Crippen molar-refractivity contribution in [3.8, 4) is 0 Å². The van der Waals surface area contributed by atoms with Crippen LogP contribution in [-0.4, -0.2) is 34.2 Å². The minimum absolute atomic E-state index is 0.439. The Bertz CT molecular complexity index is 482. The maximum atomic E-state index is 13.3. The highest BCUT2D eigenvalue weighted by atomic mass is 19.1. The van der Waals surface area contributed by atoms with Crippen LogP contribution >= 0.6 is 0 Å². The van der Waals surface area contributed by atoms with Crippen molar-refractivity contribution in [1.82, 2.24) is 5.32 Å². The molecule has 0 heterocycles. The Balaban J connectivity index is 2.73. The lowest BCUT2D eigenvalue weighted by molar-refractivity contribution is -0.141. The molecule has 0 aliphatic rings. The molecule has 0 fully saturated rings. The van der Waals surface area contributed by atoms with Gasteiger partial charge in [0.05, 0.1) is 12.0 Å². The highest BCUT2D eigenvalue weighted by Gasteiger charge is 2.26. The Hall–Kier alpha value is -2.02. The Morgan fingerprint density at radius 2 is 1.84 bits per heavy atom. The van der Waals surface area contributed by atoms with E-state index >= 15 is 0 Å². The summed E-state index contributed by atoms with van der Waals surface area (Å²) < 4.78 is 26.5. The number of carboxylic acids is 1. The van der Waals surface area contributed by atoms with E-state index in [9.17, 15) is 23.5 Å². The number of carbonyl (C=O) groups excluding carboxylic acids is 1. The molecule has 0 radical (unpaired) electrons. The Morgan fingerprint density at radius 1 is 1.32 bits per heavy atom. The monoisotopic (exact) mass is 273 g/mol. The lowest BCUT2D eigenvalue weighted by atomic mass is 10.0. The van der Waals surface area contributed by atoms with Crippen LogP contribution in [0.3, 0.4) is 0 Å². The number of carbonyl (C=O) groups is 2. The van der Waals surface area contributed by atoms with Gasteiger partial charge in [-0.25, -0.2) is 8.78 Å². The van der Waals surface area contributed by atoms with Gasteiger partial charge in [0.25, 0.3) is 5.91 Å². The number of halogens is 2. The fourth-order valence-corrected chi connectivity index (χ4v) is 1.46. The molecule has 1 rings (SSSR count). The van der Waals surface area contributed by atoms with E-state index in [0.29, 0.717) is 0 Å². The van der Waals surface area contributed by atoms with Crippen molar-refractivity contribution in [2.75, 3.05) is 6.54 Å². The summed E-state index contributed by atoms with van der Waals surface area (Å²) in [6.07, 6.45) is -0.604. The maximum Gasteiger partial charge on any atom is 0.306 e. The second-order valence-corrected chi connectivity index (χ2v) is 4.35. The summed E-state index contributed by atoms with van der Waals surface area (Å²) in [6.45, 7) is 0.755. The average Bonchev–Trinajstić information content (AvgIpc) is 2.24. The van der Waals surface area contributed by atoms with Gasteiger partial charge >= 0.3 is 5.97 Å². The molecule has 3 N–H and O–H groups in total. The molecule has 1 unspecified atom stereocenters. The molecule has 104 valence electrons. The molecule has 0 saturated heterocycles. The number of hydrogen-bond donors (Lipinski definition) is 3. The number of hydrogen-bond acceptors (Lipinski definition) is 3. The summed E-state index contributed by atoms with van der Waals surface area (Å²) in [5.41, 5.74) is -2.47. The number of rotatable bonds is 5. The number of carboxylic acid groups (broad SMARTS) is 1. The van der Waals surface area contributed by atoms with Gasteiger partial charge in [-0.3, -0.25) is 9.59 Å². The van der Waals surface area contributed by atoms with Gasteiger partial charge in [-0.15, -0.1) is 0 Å². The molecule has 1 aromatic rings. The standard InChI is InChI=1S/C12H13F2NO4/c1-12(19,5-9(16)17)6-15-11(18)10-7(13)3-2-4-8(10)14/h2-4,19H,5-6H2,1H3,(H,15,18)(H,16,17). The maximum absolute atomic E-state index is 13.3. The predicted molar refractivity (Wildman–Crippen MR) is 61.6 cm³/mol. The predicted octanol–water partition coefficient (Wildman–Crippen LogP) is 0.920. The van der Waals surface area contributed by atoms with Crippen LogP contribution in [-0.2, 0) is 4.79 Å². The van der Waals surface area contributed by atoms with Crippen LogP contribution in [0.4, 0.5) is 8.78 Å². The number of nitrogens with one attached hydrogen (secondary N) is 1. The molecule has 1 atom stereocenters. The van der Waals surface area contributed by atoms with Gasteiger partial charge in [0.15, 0.2) is 0 Å². The van der Waals surface area contributed by atoms with E-state index in [0.717, 1.165) is 18.2 Å². The molecule has 7 heteroatoms. The molecule has 1 aromatic carbocycles. The minimum atomic E-state index is -1.71. The van der Waals surface area contributed by atoms with Gasteiger partial charge in [-0.1, -0.05) is 6.07 Å². The lowest BCUT2D eigenvalue weighted by Crippen LogP contribution is -2.42. The van der Waals surface area contributed by atoms with Crippen LogP contribution in [0.1, 0.15) is 23.7 Å². The first-order valence-electron chi connectivity index (χ1n) is 5.39. The lowest BCUT2D eigenvalue weighted by Gasteiger charge is -2.21. The van der Waals surface area contributed by atoms with Crippen molar-refractivity contribution in [2.45, 2.75) is 18.9 Å². The first kappa shape index (κ1) is 15.0. The first-order valence-corrected chi connectivity index (χ1v) is 5.39. The van der Waals surface area contributed by atoms with E-state index in [1.165, 1.54) is 6.92 Å². The average molecular weight is 273 g/mol. The van der Waals surface area contributed by atoms with Crippen molar-refractivity contribution >= 4 is 11.9 Å². The molecule has 19 heavy (non-hydrogen) atoms. The smallest absolute Gasteiger partial charge is 0.306 e. The molecular weight excluding hydrogens is 260 g/mol. The molecule has 0 aliphatic carbocycles. The van der Waals surface area contributed by atoms with Crippen LogP contribution < -0.4 is 5.32 Å². The van der Waals surface area contributed by atoms with E-state index in [2.05, 4.69) is 5.32 Å². The molecule has 0 bridgehead atoms. The Morgan fingerprint density at radius 3 is 2.32 bits per heavy atom. The zero-order chi connectivity index (χ0) is 14.6. The van der Waals surface area contributed by atoms with E-state index in [-0.39, 0.29) is 0 Å². The summed E-state index contributed by atoms with van der Waals surface area (Å²) in [4.78, 5) is 22.0. The third-order valence-corrected chi connectivity index (χ3v) is 2.35. The van der Waals surface area contributed by atoms with Crippen LogP contribution in [0.15, 0.2) is 18.2 Å². The number of amides is 1. The summed E-state index contributed by atoms with van der Waals surface area (Å²) in [7, 11) is 0. The Kier molecular flexibility index (Phi) is 4.55. The molecule has 1 amide bonds. The number of aliphatic carboxylic acids is 1. The van der Waals surface area contributed by atoms with Crippen LogP contribution in [0.5, 0.6) is 0 Å². The molecule has 0 aromatic heterocycles. The van der Waals surface area contributed by atoms with E-state index in [1.54, 1.807) is 0 Å². The van der Waals surface area contributed by atoms with Gasteiger partial charge in [0, 0.05) is 6.54 Å². The second-order valence-electron chi connectivity index (χ2n) is 4.35. The third-order valence-electron chi connectivity index (χ3n) is 2.35. The topological polar surface area (TPSA) is 86.6 Å². The number of benzene rings is 1. The second kappa shape index (κ2) is 5.75. The van der Waals surface area contributed by atoms with Crippen LogP contribution in [0, 0.1) is 11.6 Å². The quantitative estimate of drug-likeness (QED) is 0.744. The van der Waals surface area contributed by atoms with Gasteiger partial charge in [-0.05, 0) is 19.1 Å².